The normalized spacial score (nSPS) is 18.4. The summed E-state index contributed by atoms with van der Waals surface area (Å²) < 4.78 is 27.8. The molecule has 3 rings (SSSR count). The second-order valence-corrected chi connectivity index (χ2v) is 9.12. The predicted octanol–water partition coefficient (Wildman–Crippen LogP) is 1.36. The molecule has 0 radical (unpaired) electrons. The molecule has 7 nitrogen and oxygen atoms in total. The van der Waals surface area contributed by atoms with Crippen molar-refractivity contribution < 1.29 is 13.2 Å². The number of nitrogens with two attached hydrogens (primary N) is 1. The van der Waals surface area contributed by atoms with Crippen LogP contribution in [0.4, 0.5) is 0 Å². The van der Waals surface area contributed by atoms with Gasteiger partial charge in [-0.15, -0.1) is 0 Å². The van der Waals surface area contributed by atoms with Crippen LogP contribution >= 0.6 is 0 Å². The molecule has 2 atom stereocenters. The number of amides is 1. The van der Waals surface area contributed by atoms with Crippen LogP contribution in [0.2, 0.25) is 0 Å². The minimum atomic E-state index is -3.68. The third-order valence-corrected chi connectivity index (χ3v) is 7.09. The molecule has 0 bridgehead atoms. The van der Waals surface area contributed by atoms with Crippen molar-refractivity contribution in [3.8, 4) is 0 Å². The Balaban J connectivity index is 1.81. The largest absolute Gasteiger partial charge is 0.340 e. The number of aromatic nitrogens is 1. The fourth-order valence-electron chi connectivity index (χ4n) is 3.25. The predicted molar refractivity (Wildman–Crippen MR) is 105 cm³/mol. The number of para-hydroxylation sites is 1. The molecule has 1 aliphatic rings. The first kappa shape index (κ1) is 19.7. The van der Waals surface area contributed by atoms with Gasteiger partial charge in [-0.3, -0.25) is 9.78 Å². The van der Waals surface area contributed by atoms with Crippen LogP contribution in [-0.2, 0) is 14.8 Å². The van der Waals surface area contributed by atoms with E-state index in [-0.39, 0.29) is 35.9 Å². The zero-order chi connectivity index (χ0) is 19.8. The lowest BCUT2D eigenvalue weighted by atomic mass is 10.0. The van der Waals surface area contributed by atoms with Gasteiger partial charge in [0.25, 0.3) is 0 Å². The molecule has 2 heterocycles. The molecular formula is C19H26N4O3S. The van der Waals surface area contributed by atoms with Gasteiger partial charge in [0.2, 0.25) is 15.9 Å². The van der Waals surface area contributed by atoms with Crippen LogP contribution < -0.4 is 5.73 Å². The smallest absolute Gasteiger partial charge is 0.245 e. The standard InChI is InChI=1S/C19H26N4O3S/c1-13-11-16-5-4-6-17(18(16)21-12-13)27(25,26)23-9-7-22(8-10-23)19(24)14(2)15(3)20/h4-6,11-12,14-15H,7-10,20H2,1-3H3. The number of fused-ring (bicyclic) bond motifs is 1. The fourth-order valence-corrected chi connectivity index (χ4v) is 4.84. The number of hydrogen-bond donors (Lipinski definition) is 1. The molecule has 1 aromatic heterocycles. The minimum absolute atomic E-state index is 0.0237. The topological polar surface area (TPSA) is 96.6 Å². The molecule has 1 aliphatic heterocycles. The van der Waals surface area contributed by atoms with Gasteiger partial charge >= 0.3 is 0 Å². The Hall–Kier alpha value is -2.03. The highest BCUT2D eigenvalue weighted by Gasteiger charge is 2.33. The van der Waals surface area contributed by atoms with Gasteiger partial charge in [-0.2, -0.15) is 4.31 Å². The van der Waals surface area contributed by atoms with Gasteiger partial charge in [-0.05, 0) is 31.5 Å². The number of aryl methyl sites for hydroxylation is 1. The van der Waals surface area contributed by atoms with E-state index in [2.05, 4.69) is 4.98 Å². The maximum atomic E-state index is 13.2. The highest BCUT2D eigenvalue weighted by Crippen LogP contribution is 2.25. The number of carbonyl (C=O) groups excluding carboxylic acids is 1. The van der Waals surface area contributed by atoms with Crippen molar-refractivity contribution in [3.63, 3.8) is 0 Å². The number of nitrogens with zero attached hydrogens (tertiary/aromatic N) is 3. The van der Waals surface area contributed by atoms with E-state index in [1.807, 2.05) is 19.1 Å². The molecule has 2 unspecified atom stereocenters. The van der Waals surface area contributed by atoms with Crippen molar-refractivity contribution >= 4 is 26.8 Å². The van der Waals surface area contributed by atoms with Crippen LogP contribution in [0.3, 0.4) is 0 Å². The first-order valence-corrected chi connectivity index (χ1v) is 10.6. The maximum absolute atomic E-state index is 13.2. The van der Waals surface area contributed by atoms with E-state index < -0.39 is 10.0 Å². The second-order valence-electron chi connectivity index (χ2n) is 7.22. The summed E-state index contributed by atoms with van der Waals surface area (Å²) in [5, 5.41) is 0.802. The van der Waals surface area contributed by atoms with Gasteiger partial charge in [0.15, 0.2) is 0 Å². The molecule has 1 saturated heterocycles. The lowest BCUT2D eigenvalue weighted by Gasteiger charge is -2.35. The molecule has 2 aromatic rings. The number of carbonyl (C=O) groups is 1. The Morgan fingerprint density at radius 2 is 1.85 bits per heavy atom. The average molecular weight is 391 g/mol. The molecule has 0 spiro atoms. The number of rotatable bonds is 4. The molecule has 2 N–H and O–H groups in total. The quantitative estimate of drug-likeness (QED) is 0.850. The fraction of sp³-hybridized carbons (Fsp3) is 0.474. The van der Waals surface area contributed by atoms with Crippen molar-refractivity contribution in [1.82, 2.24) is 14.2 Å². The zero-order valence-corrected chi connectivity index (χ0v) is 16.7. The van der Waals surface area contributed by atoms with E-state index in [1.54, 1.807) is 37.1 Å². The lowest BCUT2D eigenvalue weighted by molar-refractivity contribution is -0.136. The molecular weight excluding hydrogens is 364 g/mol. The summed E-state index contributed by atoms with van der Waals surface area (Å²) in [6.07, 6.45) is 1.67. The van der Waals surface area contributed by atoms with Crippen LogP contribution in [0.5, 0.6) is 0 Å². The van der Waals surface area contributed by atoms with Crippen molar-refractivity contribution in [3.05, 3.63) is 36.0 Å². The first-order valence-electron chi connectivity index (χ1n) is 9.11. The summed E-state index contributed by atoms with van der Waals surface area (Å²) >= 11 is 0. The molecule has 146 valence electrons. The van der Waals surface area contributed by atoms with Crippen molar-refractivity contribution in [1.29, 1.82) is 0 Å². The Labute approximate surface area is 160 Å². The lowest BCUT2D eigenvalue weighted by Crippen LogP contribution is -2.53. The van der Waals surface area contributed by atoms with Gasteiger partial charge in [0, 0.05) is 43.8 Å². The molecule has 0 saturated carbocycles. The van der Waals surface area contributed by atoms with Crippen molar-refractivity contribution in [2.75, 3.05) is 26.2 Å². The SMILES string of the molecule is Cc1cnc2c(S(=O)(=O)N3CCN(C(=O)C(C)C(C)N)CC3)cccc2c1. The Kier molecular flexibility index (Phi) is 5.50. The van der Waals surface area contributed by atoms with Gasteiger partial charge < -0.3 is 10.6 Å². The van der Waals surface area contributed by atoms with E-state index in [0.717, 1.165) is 10.9 Å². The van der Waals surface area contributed by atoms with Gasteiger partial charge in [-0.25, -0.2) is 8.42 Å². The summed E-state index contributed by atoms with van der Waals surface area (Å²) in [6.45, 7) is 6.80. The Morgan fingerprint density at radius 1 is 1.19 bits per heavy atom. The molecule has 1 fully saturated rings. The maximum Gasteiger partial charge on any atom is 0.245 e. The third kappa shape index (κ3) is 3.83. The van der Waals surface area contributed by atoms with Crippen LogP contribution in [0, 0.1) is 12.8 Å². The van der Waals surface area contributed by atoms with Gasteiger partial charge in [-0.1, -0.05) is 19.1 Å². The highest BCUT2D eigenvalue weighted by atomic mass is 32.2. The van der Waals surface area contributed by atoms with Crippen LogP contribution in [0.15, 0.2) is 35.4 Å². The Bertz CT molecular complexity index is 951. The number of pyridine rings is 1. The second kappa shape index (κ2) is 7.53. The average Bonchev–Trinajstić information content (AvgIpc) is 2.66. The number of sulfonamides is 1. The van der Waals surface area contributed by atoms with E-state index >= 15 is 0 Å². The molecule has 0 aliphatic carbocycles. The van der Waals surface area contributed by atoms with Gasteiger partial charge in [0.05, 0.1) is 11.4 Å². The minimum Gasteiger partial charge on any atom is -0.340 e. The summed E-state index contributed by atoms with van der Waals surface area (Å²) in [5.74, 6) is -0.303. The highest BCUT2D eigenvalue weighted by molar-refractivity contribution is 7.89. The van der Waals surface area contributed by atoms with Crippen molar-refractivity contribution in [2.24, 2.45) is 11.7 Å². The van der Waals surface area contributed by atoms with Gasteiger partial charge in [0.1, 0.15) is 4.90 Å². The van der Waals surface area contributed by atoms with Crippen LogP contribution in [0.1, 0.15) is 19.4 Å². The summed E-state index contributed by atoms with van der Waals surface area (Å²) in [5.41, 5.74) is 7.28. The first-order chi connectivity index (χ1) is 12.7. The number of benzene rings is 1. The van der Waals surface area contributed by atoms with E-state index in [9.17, 15) is 13.2 Å². The third-order valence-electron chi connectivity index (χ3n) is 5.16. The van der Waals surface area contributed by atoms with E-state index in [0.29, 0.717) is 18.6 Å². The Morgan fingerprint density at radius 3 is 2.48 bits per heavy atom. The molecule has 8 heteroatoms. The molecule has 1 amide bonds. The number of hydrogen-bond acceptors (Lipinski definition) is 5. The van der Waals surface area contributed by atoms with Crippen LogP contribution in [0.25, 0.3) is 10.9 Å². The van der Waals surface area contributed by atoms with E-state index in [4.69, 9.17) is 5.73 Å². The van der Waals surface area contributed by atoms with Crippen molar-refractivity contribution in [2.45, 2.75) is 31.7 Å². The zero-order valence-electron chi connectivity index (χ0n) is 15.9. The molecule has 1 aromatic carbocycles. The monoisotopic (exact) mass is 390 g/mol. The summed E-state index contributed by atoms with van der Waals surface area (Å²) in [4.78, 5) is 18.7. The summed E-state index contributed by atoms with van der Waals surface area (Å²) in [6, 6.07) is 6.88. The summed E-state index contributed by atoms with van der Waals surface area (Å²) in [7, 11) is -3.68. The molecule has 27 heavy (non-hydrogen) atoms. The van der Waals surface area contributed by atoms with Crippen LogP contribution in [-0.4, -0.2) is 60.7 Å². The number of piperazine rings is 1. The van der Waals surface area contributed by atoms with E-state index in [1.165, 1.54) is 4.31 Å².